The highest BCUT2D eigenvalue weighted by molar-refractivity contribution is 5.56. The van der Waals surface area contributed by atoms with Gasteiger partial charge in [-0.3, -0.25) is 0 Å². The van der Waals surface area contributed by atoms with E-state index in [2.05, 4.69) is 35.3 Å². The molecule has 134 valence electrons. The lowest BCUT2D eigenvalue weighted by Crippen LogP contribution is -1.96. The van der Waals surface area contributed by atoms with Crippen molar-refractivity contribution in [3.8, 4) is 17.1 Å². The molecule has 4 heteroatoms. The van der Waals surface area contributed by atoms with E-state index in [4.69, 9.17) is 9.26 Å². The average Bonchev–Trinajstić information content (AvgIpc) is 3.16. The van der Waals surface area contributed by atoms with Crippen LogP contribution in [0, 0.1) is 6.92 Å². The fourth-order valence-corrected chi connectivity index (χ4v) is 2.91. The van der Waals surface area contributed by atoms with Crippen LogP contribution >= 0.6 is 0 Å². The van der Waals surface area contributed by atoms with E-state index in [-0.39, 0.29) is 0 Å². The Labute approximate surface area is 158 Å². The van der Waals surface area contributed by atoms with Gasteiger partial charge >= 0.3 is 0 Å². The van der Waals surface area contributed by atoms with Crippen LogP contribution in [0.1, 0.15) is 22.6 Å². The lowest BCUT2D eigenvalue weighted by Gasteiger charge is -2.07. The van der Waals surface area contributed by atoms with E-state index in [1.54, 1.807) is 0 Å². The van der Waals surface area contributed by atoms with E-state index in [1.807, 2.05) is 60.7 Å². The third-order valence-corrected chi connectivity index (χ3v) is 4.25. The Kier molecular flexibility index (Phi) is 4.97. The Morgan fingerprint density at radius 3 is 2.52 bits per heavy atom. The van der Waals surface area contributed by atoms with Crippen molar-refractivity contribution in [2.24, 2.45) is 0 Å². The van der Waals surface area contributed by atoms with Crippen molar-refractivity contribution in [2.75, 3.05) is 0 Å². The molecule has 27 heavy (non-hydrogen) atoms. The quantitative estimate of drug-likeness (QED) is 0.475. The van der Waals surface area contributed by atoms with Crippen LogP contribution < -0.4 is 4.74 Å². The average molecular weight is 356 g/mol. The summed E-state index contributed by atoms with van der Waals surface area (Å²) in [7, 11) is 0. The van der Waals surface area contributed by atoms with Gasteiger partial charge in [0.15, 0.2) is 0 Å². The second-order valence-electron chi connectivity index (χ2n) is 6.48. The molecule has 1 aromatic heterocycles. The van der Waals surface area contributed by atoms with Crippen LogP contribution in [0.2, 0.25) is 0 Å². The first kappa shape index (κ1) is 17.0. The molecule has 0 amide bonds. The first-order chi connectivity index (χ1) is 13.3. The fraction of sp³-hybridized carbons (Fsp3) is 0.130. The van der Waals surface area contributed by atoms with E-state index in [0.29, 0.717) is 24.7 Å². The minimum absolute atomic E-state index is 0.524. The van der Waals surface area contributed by atoms with Gasteiger partial charge in [0.25, 0.3) is 0 Å². The molecule has 0 fully saturated rings. The summed E-state index contributed by atoms with van der Waals surface area (Å²) in [6, 6.07) is 26.2. The second kappa shape index (κ2) is 7.87. The summed E-state index contributed by atoms with van der Waals surface area (Å²) in [5.74, 6) is 1.95. The van der Waals surface area contributed by atoms with Gasteiger partial charge in [0.1, 0.15) is 12.4 Å². The summed E-state index contributed by atoms with van der Waals surface area (Å²) >= 11 is 0. The van der Waals surface area contributed by atoms with Gasteiger partial charge in [0.2, 0.25) is 11.7 Å². The highest BCUT2D eigenvalue weighted by Crippen LogP contribution is 2.23. The third kappa shape index (κ3) is 4.42. The molecule has 1 heterocycles. The van der Waals surface area contributed by atoms with E-state index in [9.17, 15) is 0 Å². The van der Waals surface area contributed by atoms with Gasteiger partial charge in [-0.2, -0.15) is 4.98 Å². The van der Waals surface area contributed by atoms with Crippen molar-refractivity contribution < 1.29 is 9.26 Å². The summed E-state index contributed by atoms with van der Waals surface area (Å²) < 4.78 is 11.3. The largest absolute Gasteiger partial charge is 0.489 e. The summed E-state index contributed by atoms with van der Waals surface area (Å²) in [4.78, 5) is 4.51. The van der Waals surface area contributed by atoms with Gasteiger partial charge in [-0.15, -0.1) is 0 Å². The van der Waals surface area contributed by atoms with Gasteiger partial charge in [-0.1, -0.05) is 77.5 Å². The molecule has 0 atom stereocenters. The normalized spacial score (nSPS) is 10.7. The first-order valence-corrected chi connectivity index (χ1v) is 8.91. The predicted octanol–water partition coefficient (Wildman–Crippen LogP) is 5.21. The van der Waals surface area contributed by atoms with Crippen molar-refractivity contribution in [1.29, 1.82) is 0 Å². The molecule has 0 N–H and O–H groups in total. The molecule has 0 aliphatic heterocycles. The van der Waals surface area contributed by atoms with Crippen molar-refractivity contribution in [2.45, 2.75) is 20.0 Å². The molecule has 4 aromatic rings. The minimum Gasteiger partial charge on any atom is -0.489 e. The molecular weight excluding hydrogens is 336 g/mol. The first-order valence-electron chi connectivity index (χ1n) is 8.91. The fourth-order valence-electron chi connectivity index (χ4n) is 2.91. The Morgan fingerprint density at radius 1 is 0.852 bits per heavy atom. The summed E-state index contributed by atoms with van der Waals surface area (Å²) in [6.07, 6.45) is 0.622. The zero-order chi connectivity index (χ0) is 18.5. The standard InChI is InChI=1S/C23H20N2O2/c1-17-7-5-10-19(13-17)16-26-21-12-6-11-20(15-21)23-24-22(27-25-23)14-18-8-3-2-4-9-18/h2-13,15H,14,16H2,1H3. The number of aromatic nitrogens is 2. The van der Waals surface area contributed by atoms with E-state index >= 15 is 0 Å². The number of hydrogen-bond acceptors (Lipinski definition) is 4. The molecule has 0 aliphatic rings. The minimum atomic E-state index is 0.524. The molecule has 0 saturated heterocycles. The summed E-state index contributed by atoms with van der Waals surface area (Å²) in [5.41, 5.74) is 4.38. The second-order valence-corrected chi connectivity index (χ2v) is 6.48. The Morgan fingerprint density at radius 2 is 1.67 bits per heavy atom. The number of rotatable bonds is 6. The van der Waals surface area contributed by atoms with Gasteiger partial charge in [-0.25, -0.2) is 0 Å². The van der Waals surface area contributed by atoms with Crippen molar-refractivity contribution in [1.82, 2.24) is 10.1 Å². The van der Waals surface area contributed by atoms with Crippen LogP contribution in [0.25, 0.3) is 11.4 Å². The Bertz CT molecular complexity index is 1030. The van der Waals surface area contributed by atoms with E-state index in [0.717, 1.165) is 22.4 Å². The van der Waals surface area contributed by atoms with E-state index in [1.165, 1.54) is 5.56 Å². The predicted molar refractivity (Wildman–Crippen MR) is 104 cm³/mol. The van der Waals surface area contributed by atoms with Crippen LogP contribution in [0.15, 0.2) is 83.4 Å². The molecular formula is C23H20N2O2. The lowest BCUT2D eigenvalue weighted by molar-refractivity contribution is 0.306. The summed E-state index contributed by atoms with van der Waals surface area (Å²) in [6.45, 7) is 2.60. The monoisotopic (exact) mass is 356 g/mol. The van der Waals surface area contributed by atoms with Crippen LogP contribution in [-0.4, -0.2) is 10.1 Å². The number of hydrogen-bond donors (Lipinski definition) is 0. The van der Waals surface area contributed by atoms with E-state index < -0.39 is 0 Å². The molecule has 0 unspecified atom stereocenters. The number of aryl methyl sites for hydroxylation is 1. The van der Waals surface area contributed by atoms with Crippen molar-refractivity contribution in [3.63, 3.8) is 0 Å². The van der Waals surface area contributed by atoms with Crippen LogP contribution in [0.4, 0.5) is 0 Å². The smallest absolute Gasteiger partial charge is 0.231 e. The Balaban J connectivity index is 1.46. The maximum atomic E-state index is 5.93. The SMILES string of the molecule is Cc1cccc(COc2cccc(-c3noc(Cc4ccccc4)n3)c2)c1. The van der Waals surface area contributed by atoms with Crippen LogP contribution in [-0.2, 0) is 13.0 Å². The molecule has 0 aliphatic carbocycles. The van der Waals surface area contributed by atoms with Crippen molar-refractivity contribution >= 4 is 0 Å². The molecule has 0 bridgehead atoms. The molecule has 0 saturated carbocycles. The van der Waals surface area contributed by atoms with Crippen LogP contribution in [0.3, 0.4) is 0 Å². The van der Waals surface area contributed by atoms with Gasteiger partial charge in [-0.05, 0) is 30.2 Å². The maximum Gasteiger partial charge on any atom is 0.231 e. The number of nitrogens with zero attached hydrogens (tertiary/aromatic N) is 2. The van der Waals surface area contributed by atoms with Gasteiger partial charge in [0.05, 0.1) is 6.42 Å². The third-order valence-electron chi connectivity index (χ3n) is 4.25. The van der Waals surface area contributed by atoms with Crippen molar-refractivity contribution in [3.05, 3.63) is 101 Å². The van der Waals surface area contributed by atoms with Gasteiger partial charge in [0, 0.05) is 5.56 Å². The number of benzene rings is 3. The maximum absolute atomic E-state index is 5.93. The molecule has 4 rings (SSSR count). The Hall–Kier alpha value is -3.40. The lowest BCUT2D eigenvalue weighted by atomic mass is 10.1. The molecule has 3 aromatic carbocycles. The highest BCUT2D eigenvalue weighted by atomic mass is 16.5. The van der Waals surface area contributed by atoms with Crippen LogP contribution in [0.5, 0.6) is 5.75 Å². The molecule has 0 radical (unpaired) electrons. The topological polar surface area (TPSA) is 48.2 Å². The zero-order valence-corrected chi connectivity index (χ0v) is 15.1. The molecule has 4 nitrogen and oxygen atoms in total. The molecule has 0 spiro atoms. The summed E-state index contributed by atoms with van der Waals surface area (Å²) in [5, 5.41) is 4.11. The number of ether oxygens (including phenoxy) is 1. The zero-order valence-electron chi connectivity index (χ0n) is 15.1. The van der Waals surface area contributed by atoms with Gasteiger partial charge < -0.3 is 9.26 Å². The highest BCUT2D eigenvalue weighted by Gasteiger charge is 2.10.